The minimum atomic E-state index is -0.462. The molecule has 1 aromatic carbocycles. The molecule has 78 valence electrons. The van der Waals surface area contributed by atoms with E-state index in [1.807, 2.05) is 19.0 Å². The summed E-state index contributed by atoms with van der Waals surface area (Å²) in [5.41, 5.74) is 12.5. The summed E-state index contributed by atoms with van der Waals surface area (Å²) in [5.74, 6) is -0.462. The zero-order valence-corrected chi connectivity index (χ0v) is 8.97. The Labute approximate surface area is 89.3 Å². The third-order valence-corrected chi connectivity index (χ3v) is 1.77. The molecule has 0 saturated carbocycles. The largest absolute Gasteiger partial charge is 0.399 e. The molecule has 4 N–H and O–H groups in total. The highest BCUT2D eigenvalue weighted by atomic mass is 35.5. The number of primary amides is 1. The quantitative estimate of drug-likeness (QED) is 0.719. The lowest BCUT2D eigenvalue weighted by Crippen LogP contribution is -2.18. The number of anilines is 2. The minimum absolute atomic E-state index is 0. The zero-order chi connectivity index (χ0) is 10.0. The van der Waals surface area contributed by atoms with Crippen molar-refractivity contribution in [1.29, 1.82) is 0 Å². The molecule has 14 heavy (non-hydrogen) atoms. The molecule has 5 heteroatoms. The highest BCUT2D eigenvalue weighted by Gasteiger charge is 2.09. The summed E-state index contributed by atoms with van der Waals surface area (Å²) >= 11 is 0. The van der Waals surface area contributed by atoms with Crippen LogP contribution in [0.15, 0.2) is 18.2 Å². The molecular formula is C9H14ClN3O. The van der Waals surface area contributed by atoms with Crippen LogP contribution >= 0.6 is 12.4 Å². The summed E-state index contributed by atoms with van der Waals surface area (Å²) in [6.45, 7) is 0. The molecule has 0 aliphatic rings. The van der Waals surface area contributed by atoms with Crippen molar-refractivity contribution in [2.45, 2.75) is 0 Å². The predicted molar refractivity (Wildman–Crippen MR) is 60.9 cm³/mol. The van der Waals surface area contributed by atoms with E-state index < -0.39 is 5.91 Å². The second-order valence-electron chi connectivity index (χ2n) is 3.04. The van der Waals surface area contributed by atoms with Crippen molar-refractivity contribution < 1.29 is 4.79 Å². The van der Waals surface area contributed by atoms with Gasteiger partial charge >= 0.3 is 0 Å². The fraction of sp³-hybridized carbons (Fsp3) is 0.222. The first-order valence-electron chi connectivity index (χ1n) is 3.89. The van der Waals surface area contributed by atoms with Gasteiger partial charge in [-0.05, 0) is 18.2 Å². The molecule has 0 aliphatic carbocycles. The van der Waals surface area contributed by atoms with Gasteiger partial charge in [0, 0.05) is 25.5 Å². The van der Waals surface area contributed by atoms with Crippen LogP contribution in [0.25, 0.3) is 0 Å². The van der Waals surface area contributed by atoms with E-state index in [9.17, 15) is 4.79 Å². The van der Waals surface area contributed by atoms with Gasteiger partial charge in [-0.1, -0.05) is 0 Å². The Balaban J connectivity index is 0.00000169. The van der Waals surface area contributed by atoms with Gasteiger partial charge in [0.15, 0.2) is 0 Å². The van der Waals surface area contributed by atoms with Gasteiger partial charge in [0.2, 0.25) is 0 Å². The van der Waals surface area contributed by atoms with Crippen molar-refractivity contribution in [2.24, 2.45) is 5.73 Å². The van der Waals surface area contributed by atoms with Crippen LogP contribution in [0.5, 0.6) is 0 Å². The van der Waals surface area contributed by atoms with E-state index in [-0.39, 0.29) is 12.4 Å². The van der Waals surface area contributed by atoms with Crippen molar-refractivity contribution in [3.63, 3.8) is 0 Å². The van der Waals surface area contributed by atoms with Crippen molar-refractivity contribution in [3.05, 3.63) is 23.8 Å². The summed E-state index contributed by atoms with van der Waals surface area (Å²) in [6.07, 6.45) is 0. The number of hydrogen-bond donors (Lipinski definition) is 2. The fourth-order valence-electron chi connectivity index (χ4n) is 1.14. The highest BCUT2D eigenvalue weighted by Crippen LogP contribution is 2.20. The fourth-order valence-corrected chi connectivity index (χ4v) is 1.14. The number of nitrogen functional groups attached to an aromatic ring is 1. The van der Waals surface area contributed by atoms with Crippen LogP contribution in [0.1, 0.15) is 10.4 Å². The Morgan fingerprint density at radius 2 is 1.93 bits per heavy atom. The Kier molecular flexibility index (Phi) is 4.24. The molecule has 0 aliphatic heterocycles. The van der Waals surface area contributed by atoms with E-state index in [1.54, 1.807) is 18.2 Å². The Bertz CT molecular complexity index is 339. The number of hydrogen-bond acceptors (Lipinski definition) is 3. The van der Waals surface area contributed by atoms with Crippen LogP contribution in [0.3, 0.4) is 0 Å². The first-order chi connectivity index (χ1) is 6.02. The van der Waals surface area contributed by atoms with Crippen molar-refractivity contribution in [2.75, 3.05) is 24.7 Å². The van der Waals surface area contributed by atoms with Gasteiger partial charge < -0.3 is 16.4 Å². The molecule has 0 bridgehead atoms. The number of carbonyl (C=O) groups excluding carboxylic acids is 1. The third-order valence-electron chi connectivity index (χ3n) is 1.77. The first-order valence-corrected chi connectivity index (χ1v) is 3.89. The maximum Gasteiger partial charge on any atom is 0.250 e. The number of nitrogens with two attached hydrogens (primary N) is 2. The molecule has 4 nitrogen and oxygen atoms in total. The molecule has 0 aromatic heterocycles. The lowest BCUT2D eigenvalue weighted by Gasteiger charge is -2.15. The van der Waals surface area contributed by atoms with Gasteiger partial charge in [0.1, 0.15) is 0 Å². The van der Waals surface area contributed by atoms with Gasteiger partial charge in [-0.3, -0.25) is 4.79 Å². The van der Waals surface area contributed by atoms with Gasteiger partial charge in [-0.25, -0.2) is 0 Å². The molecule has 1 amide bonds. The summed E-state index contributed by atoms with van der Waals surface area (Å²) in [5, 5.41) is 0. The average Bonchev–Trinajstić information content (AvgIpc) is 2.03. The number of amides is 1. The maximum atomic E-state index is 11.0. The minimum Gasteiger partial charge on any atom is -0.399 e. The smallest absolute Gasteiger partial charge is 0.250 e. The molecule has 0 saturated heterocycles. The molecule has 1 aromatic rings. The van der Waals surface area contributed by atoms with Crippen molar-refractivity contribution >= 4 is 29.7 Å². The number of nitrogens with zero attached hydrogens (tertiary/aromatic N) is 1. The van der Waals surface area contributed by atoms with Crippen LogP contribution in [0, 0.1) is 0 Å². The Morgan fingerprint density at radius 1 is 1.36 bits per heavy atom. The third kappa shape index (κ3) is 2.53. The Hall–Kier alpha value is -1.42. The molecule has 0 atom stereocenters. The topological polar surface area (TPSA) is 72.3 Å². The highest BCUT2D eigenvalue weighted by molar-refractivity contribution is 5.99. The second kappa shape index (κ2) is 4.72. The standard InChI is InChI=1S/C9H13N3O.ClH/c1-12(2)8-4-3-6(10)5-7(8)9(11)13;/h3-5H,10H2,1-2H3,(H2,11,13);1H. The first kappa shape index (κ1) is 12.6. The van der Waals surface area contributed by atoms with Crippen LogP contribution in [0.4, 0.5) is 11.4 Å². The van der Waals surface area contributed by atoms with Crippen LogP contribution < -0.4 is 16.4 Å². The van der Waals surface area contributed by atoms with E-state index in [0.29, 0.717) is 11.3 Å². The predicted octanol–water partition coefficient (Wildman–Crippen LogP) is 0.856. The lowest BCUT2D eigenvalue weighted by molar-refractivity contribution is 0.100. The van der Waals surface area contributed by atoms with Gasteiger partial charge in [0.25, 0.3) is 5.91 Å². The van der Waals surface area contributed by atoms with E-state index >= 15 is 0 Å². The maximum absolute atomic E-state index is 11.0. The summed E-state index contributed by atoms with van der Waals surface area (Å²) in [7, 11) is 3.69. The van der Waals surface area contributed by atoms with E-state index in [2.05, 4.69) is 0 Å². The monoisotopic (exact) mass is 215 g/mol. The van der Waals surface area contributed by atoms with Gasteiger partial charge in [0.05, 0.1) is 5.56 Å². The lowest BCUT2D eigenvalue weighted by atomic mass is 10.1. The molecule has 0 spiro atoms. The average molecular weight is 216 g/mol. The zero-order valence-electron chi connectivity index (χ0n) is 8.15. The van der Waals surface area contributed by atoms with Gasteiger partial charge in [-0.15, -0.1) is 12.4 Å². The molecule has 0 unspecified atom stereocenters. The van der Waals surface area contributed by atoms with Crippen molar-refractivity contribution in [3.8, 4) is 0 Å². The number of benzene rings is 1. The van der Waals surface area contributed by atoms with E-state index in [4.69, 9.17) is 11.5 Å². The molecule has 1 rings (SSSR count). The number of rotatable bonds is 2. The summed E-state index contributed by atoms with van der Waals surface area (Å²) in [6, 6.07) is 5.09. The molecule has 0 radical (unpaired) electrons. The van der Waals surface area contributed by atoms with E-state index in [1.165, 1.54) is 0 Å². The van der Waals surface area contributed by atoms with E-state index in [0.717, 1.165) is 5.69 Å². The normalized spacial score (nSPS) is 9.00. The summed E-state index contributed by atoms with van der Waals surface area (Å²) < 4.78 is 0. The molecule has 0 fully saturated rings. The van der Waals surface area contributed by atoms with Crippen LogP contribution in [-0.2, 0) is 0 Å². The van der Waals surface area contributed by atoms with Crippen molar-refractivity contribution in [1.82, 2.24) is 0 Å². The van der Waals surface area contributed by atoms with Crippen LogP contribution in [-0.4, -0.2) is 20.0 Å². The second-order valence-corrected chi connectivity index (χ2v) is 3.04. The summed E-state index contributed by atoms with van der Waals surface area (Å²) in [4.78, 5) is 12.8. The van der Waals surface area contributed by atoms with Crippen LogP contribution in [0.2, 0.25) is 0 Å². The SMILES string of the molecule is CN(C)c1ccc(N)cc1C(N)=O.Cl. The number of halogens is 1. The molecular weight excluding hydrogens is 202 g/mol. The van der Waals surface area contributed by atoms with Gasteiger partial charge in [-0.2, -0.15) is 0 Å². The molecule has 0 heterocycles. The Morgan fingerprint density at radius 3 is 2.36 bits per heavy atom. The number of carbonyl (C=O) groups is 1.